The van der Waals surface area contributed by atoms with Crippen molar-refractivity contribution in [1.82, 2.24) is 0 Å². The summed E-state index contributed by atoms with van der Waals surface area (Å²) in [5, 5.41) is 3.01. The van der Waals surface area contributed by atoms with Crippen LogP contribution in [0, 0.1) is 6.92 Å². The van der Waals surface area contributed by atoms with Gasteiger partial charge < -0.3 is 16.0 Å². The first-order chi connectivity index (χ1) is 11.1. The van der Waals surface area contributed by atoms with Crippen LogP contribution >= 0.6 is 12.4 Å². The summed E-state index contributed by atoms with van der Waals surface area (Å²) in [7, 11) is 0. The van der Waals surface area contributed by atoms with E-state index in [1.807, 2.05) is 50.2 Å². The number of amides is 1. The second-order valence-corrected chi connectivity index (χ2v) is 6.18. The van der Waals surface area contributed by atoms with Gasteiger partial charge in [-0.1, -0.05) is 18.2 Å². The van der Waals surface area contributed by atoms with Crippen molar-refractivity contribution in [2.45, 2.75) is 32.7 Å². The van der Waals surface area contributed by atoms with E-state index in [4.69, 9.17) is 5.73 Å². The van der Waals surface area contributed by atoms with Gasteiger partial charge in [0.25, 0.3) is 0 Å². The molecule has 1 aliphatic heterocycles. The van der Waals surface area contributed by atoms with Gasteiger partial charge in [-0.3, -0.25) is 4.79 Å². The van der Waals surface area contributed by atoms with Crippen molar-refractivity contribution in [1.29, 1.82) is 0 Å². The van der Waals surface area contributed by atoms with E-state index in [-0.39, 0.29) is 24.4 Å². The fraction of sp³-hybridized carbons (Fsp3) is 0.316. The average molecular weight is 346 g/mol. The number of aryl methyl sites for hydroxylation is 1. The molecule has 1 heterocycles. The lowest BCUT2D eigenvalue weighted by Crippen LogP contribution is -2.44. The molecule has 128 valence electrons. The van der Waals surface area contributed by atoms with Crippen LogP contribution in [0.3, 0.4) is 0 Å². The fourth-order valence-electron chi connectivity index (χ4n) is 3.19. The van der Waals surface area contributed by atoms with Crippen molar-refractivity contribution in [3.8, 4) is 0 Å². The summed E-state index contributed by atoms with van der Waals surface area (Å²) >= 11 is 0. The molecule has 24 heavy (non-hydrogen) atoms. The number of hydrogen-bond acceptors (Lipinski definition) is 3. The summed E-state index contributed by atoms with van der Waals surface area (Å²) in [6, 6.07) is 13.6. The third kappa shape index (κ3) is 3.65. The molecule has 0 spiro atoms. The quantitative estimate of drug-likeness (QED) is 0.832. The molecule has 1 aliphatic rings. The number of nitrogen functional groups attached to an aromatic ring is 1. The van der Waals surface area contributed by atoms with Crippen LogP contribution < -0.4 is 16.0 Å². The number of nitrogens with one attached hydrogen (secondary N) is 1. The molecular formula is C19H24ClN3O. The van der Waals surface area contributed by atoms with E-state index < -0.39 is 0 Å². The fourth-order valence-corrected chi connectivity index (χ4v) is 3.19. The van der Waals surface area contributed by atoms with Gasteiger partial charge in [0.1, 0.15) is 6.04 Å². The first kappa shape index (κ1) is 18.1. The van der Waals surface area contributed by atoms with E-state index in [1.165, 1.54) is 0 Å². The molecule has 0 saturated carbocycles. The van der Waals surface area contributed by atoms with Crippen LogP contribution in [0.4, 0.5) is 17.1 Å². The predicted molar refractivity (Wildman–Crippen MR) is 103 cm³/mol. The first-order valence-corrected chi connectivity index (χ1v) is 8.08. The van der Waals surface area contributed by atoms with Gasteiger partial charge in [-0.15, -0.1) is 12.4 Å². The van der Waals surface area contributed by atoms with Gasteiger partial charge in [-0.05, 0) is 62.1 Å². The highest BCUT2D eigenvalue weighted by Crippen LogP contribution is 2.32. The highest BCUT2D eigenvalue weighted by molar-refractivity contribution is 5.97. The Hall–Kier alpha value is -2.20. The Bertz CT molecular complexity index is 732. The molecule has 1 amide bonds. The molecule has 0 aromatic heterocycles. The van der Waals surface area contributed by atoms with Gasteiger partial charge in [-0.2, -0.15) is 0 Å². The van der Waals surface area contributed by atoms with Crippen LogP contribution in [-0.2, 0) is 11.2 Å². The number of carbonyl (C=O) groups is 1. The lowest BCUT2D eigenvalue weighted by Gasteiger charge is -2.36. The molecule has 3 N–H and O–H groups in total. The Labute approximate surface area is 149 Å². The van der Waals surface area contributed by atoms with E-state index >= 15 is 0 Å². The lowest BCUT2D eigenvalue weighted by molar-refractivity contribution is -0.117. The molecule has 0 saturated heterocycles. The van der Waals surface area contributed by atoms with Crippen molar-refractivity contribution in [2.24, 2.45) is 0 Å². The molecule has 4 nitrogen and oxygen atoms in total. The predicted octanol–water partition coefficient (Wildman–Crippen LogP) is 3.78. The molecular weight excluding hydrogens is 322 g/mol. The third-order valence-corrected chi connectivity index (χ3v) is 4.46. The maximum Gasteiger partial charge on any atom is 0.246 e. The molecule has 5 heteroatoms. The van der Waals surface area contributed by atoms with Crippen LogP contribution in [0.5, 0.6) is 0 Å². The second kappa shape index (κ2) is 7.58. The molecule has 2 aromatic rings. The zero-order valence-electron chi connectivity index (χ0n) is 14.1. The maximum absolute atomic E-state index is 12.6. The van der Waals surface area contributed by atoms with Crippen molar-refractivity contribution in [2.75, 3.05) is 22.5 Å². The molecule has 0 radical (unpaired) electrons. The Balaban J connectivity index is 0.00000208. The molecule has 0 fully saturated rings. The highest BCUT2D eigenvalue weighted by Gasteiger charge is 2.26. The molecule has 1 unspecified atom stereocenters. The minimum absolute atomic E-state index is 0. The van der Waals surface area contributed by atoms with Crippen molar-refractivity contribution in [3.05, 3.63) is 53.6 Å². The number of carbonyl (C=O) groups excluding carboxylic acids is 1. The highest BCUT2D eigenvalue weighted by atomic mass is 35.5. The molecule has 3 rings (SSSR count). The smallest absolute Gasteiger partial charge is 0.246 e. The number of rotatable bonds is 3. The number of nitrogens with zero attached hydrogens (tertiary/aromatic N) is 1. The Kier molecular flexibility index (Phi) is 5.73. The Morgan fingerprint density at radius 3 is 2.75 bits per heavy atom. The van der Waals surface area contributed by atoms with Crippen LogP contribution in [0.1, 0.15) is 24.5 Å². The molecule has 0 bridgehead atoms. The van der Waals surface area contributed by atoms with E-state index in [1.54, 1.807) is 0 Å². The molecule has 2 aromatic carbocycles. The first-order valence-electron chi connectivity index (χ1n) is 8.08. The van der Waals surface area contributed by atoms with Gasteiger partial charge in [0.2, 0.25) is 5.91 Å². The zero-order chi connectivity index (χ0) is 16.4. The monoisotopic (exact) mass is 345 g/mol. The van der Waals surface area contributed by atoms with E-state index in [0.29, 0.717) is 0 Å². The van der Waals surface area contributed by atoms with Gasteiger partial charge in [0.15, 0.2) is 0 Å². The lowest BCUT2D eigenvalue weighted by atomic mass is 9.98. The van der Waals surface area contributed by atoms with Crippen molar-refractivity contribution >= 4 is 35.4 Å². The summed E-state index contributed by atoms with van der Waals surface area (Å²) in [5.74, 6) is 0.00544. The van der Waals surface area contributed by atoms with Gasteiger partial charge >= 0.3 is 0 Å². The van der Waals surface area contributed by atoms with Crippen LogP contribution in [0.2, 0.25) is 0 Å². The number of halogens is 1. The number of benzene rings is 2. The zero-order valence-corrected chi connectivity index (χ0v) is 14.9. The van der Waals surface area contributed by atoms with E-state index in [0.717, 1.165) is 47.6 Å². The summed E-state index contributed by atoms with van der Waals surface area (Å²) in [4.78, 5) is 14.8. The normalized spacial score (nSPS) is 14.3. The minimum Gasteiger partial charge on any atom is -0.398 e. The Morgan fingerprint density at radius 1 is 1.25 bits per heavy atom. The molecule has 1 atom stereocenters. The number of nitrogens with two attached hydrogens (primary N) is 1. The third-order valence-electron chi connectivity index (χ3n) is 4.46. The number of fused-ring (bicyclic) bond motifs is 1. The average Bonchev–Trinajstić information content (AvgIpc) is 2.54. The number of anilines is 3. The summed E-state index contributed by atoms with van der Waals surface area (Å²) in [6.07, 6.45) is 1.99. The van der Waals surface area contributed by atoms with Gasteiger partial charge in [-0.25, -0.2) is 0 Å². The van der Waals surface area contributed by atoms with Crippen molar-refractivity contribution < 1.29 is 4.79 Å². The summed E-state index contributed by atoms with van der Waals surface area (Å²) in [5.41, 5.74) is 11.1. The van der Waals surface area contributed by atoms with Gasteiger partial charge in [0.05, 0.1) is 0 Å². The van der Waals surface area contributed by atoms with Crippen LogP contribution in [0.25, 0.3) is 0 Å². The Morgan fingerprint density at radius 2 is 2.00 bits per heavy atom. The van der Waals surface area contributed by atoms with E-state index in [2.05, 4.69) is 16.3 Å². The van der Waals surface area contributed by atoms with Crippen LogP contribution in [-0.4, -0.2) is 18.5 Å². The van der Waals surface area contributed by atoms with E-state index in [9.17, 15) is 4.79 Å². The summed E-state index contributed by atoms with van der Waals surface area (Å²) < 4.78 is 0. The molecule has 0 aliphatic carbocycles. The second-order valence-electron chi connectivity index (χ2n) is 6.18. The standard InChI is InChI=1S/C19H23N3O.ClH/c1-13-6-3-7-15(12-13)21-19(23)14(2)22-11-5-8-16-17(20)9-4-10-18(16)22;/h3-4,6-7,9-10,12,14H,5,8,11,20H2,1-2H3,(H,21,23);1H. The largest absolute Gasteiger partial charge is 0.398 e. The SMILES string of the molecule is Cc1cccc(NC(=O)C(C)N2CCCc3c(N)cccc32)c1.Cl. The number of hydrogen-bond donors (Lipinski definition) is 2. The maximum atomic E-state index is 12.6. The topological polar surface area (TPSA) is 58.4 Å². The van der Waals surface area contributed by atoms with Gasteiger partial charge in [0, 0.05) is 23.6 Å². The summed E-state index contributed by atoms with van der Waals surface area (Å²) in [6.45, 7) is 4.84. The minimum atomic E-state index is -0.239. The van der Waals surface area contributed by atoms with Crippen LogP contribution in [0.15, 0.2) is 42.5 Å². The van der Waals surface area contributed by atoms with Crippen molar-refractivity contribution in [3.63, 3.8) is 0 Å².